The monoisotopic (exact) mass is 212 g/mol. The maximum Gasteiger partial charge on any atom is 0.223 e. The number of likely N-dealkylation sites (tertiary alicyclic amines) is 1. The fraction of sp³-hybridized carbons (Fsp3) is 0.917. The summed E-state index contributed by atoms with van der Waals surface area (Å²) in [5.74, 6) is 1.38. The van der Waals surface area contributed by atoms with Crippen molar-refractivity contribution in [2.24, 2.45) is 17.6 Å². The topological polar surface area (TPSA) is 46.3 Å². The minimum atomic E-state index is 0.293. The molecule has 3 unspecified atom stereocenters. The van der Waals surface area contributed by atoms with Crippen LogP contribution in [0.1, 0.15) is 40.0 Å². The van der Waals surface area contributed by atoms with Gasteiger partial charge in [0, 0.05) is 19.0 Å². The molecule has 1 heterocycles. The van der Waals surface area contributed by atoms with Crippen molar-refractivity contribution in [1.29, 1.82) is 0 Å². The number of nitrogens with zero attached hydrogens (tertiary/aromatic N) is 1. The molecule has 3 nitrogen and oxygen atoms in total. The molecular formula is C12H24N2O. The number of carbonyl (C=O) groups is 1. The zero-order chi connectivity index (χ0) is 11.4. The molecule has 0 aromatic carbocycles. The third kappa shape index (κ3) is 3.20. The largest absolute Gasteiger partial charge is 0.340 e. The van der Waals surface area contributed by atoms with Gasteiger partial charge >= 0.3 is 0 Å². The summed E-state index contributed by atoms with van der Waals surface area (Å²) >= 11 is 0. The van der Waals surface area contributed by atoms with E-state index >= 15 is 0 Å². The van der Waals surface area contributed by atoms with Gasteiger partial charge in [-0.15, -0.1) is 0 Å². The molecule has 0 radical (unpaired) electrons. The van der Waals surface area contributed by atoms with E-state index in [0.29, 0.717) is 36.8 Å². The Kier molecular flexibility index (Phi) is 4.58. The Morgan fingerprint density at radius 3 is 2.67 bits per heavy atom. The first-order valence-corrected chi connectivity index (χ1v) is 6.08. The summed E-state index contributed by atoms with van der Waals surface area (Å²) in [6, 6.07) is 0.379. The highest BCUT2D eigenvalue weighted by Gasteiger charge is 2.31. The van der Waals surface area contributed by atoms with E-state index in [4.69, 9.17) is 5.73 Å². The van der Waals surface area contributed by atoms with Crippen molar-refractivity contribution in [3.8, 4) is 0 Å². The lowest BCUT2D eigenvalue weighted by Gasteiger charge is -2.27. The van der Waals surface area contributed by atoms with Gasteiger partial charge in [0.1, 0.15) is 0 Å². The maximum atomic E-state index is 11.7. The zero-order valence-corrected chi connectivity index (χ0v) is 10.2. The van der Waals surface area contributed by atoms with Crippen LogP contribution in [0.3, 0.4) is 0 Å². The molecule has 0 aromatic rings. The summed E-state index contributed by atoms with van der Waals surface area (Å²) in [6.45, 7) is 8.11. The van der Waals surface area contributed by atoms with Gasteiger partial charge in [0.2, 0.25) is 5.91 Å². The van der Waals surface area contributed by atoms with Crippen LogP contribution < -0.4 is 5.73 Å². The van der Waals surface area contributed by atoms with E-state index in [0.717, 1.165) is 13.0 Å². The van der Waals surface area contributed by atoms with Crippen molar-refractivity contribution in [2.45, 2.75) is 46.1 Å². The molecule has 1 saturated heterocycles. The first-order chi connectivity index (χ1) is 7.08. The van der Waals surface area contributed by atoms with Crippen LogP contribution >= 0.6 is 0 Å². The van der Waals surface area contributed by atoms with Crippen LogP contribution in [0.2, 0.25) is 0 Å². The van der Waals surface area contributed by atoms with Crippen molar-refractivity contribution < 1.29 is 4.79 Å². The van der Waals surface area contributed by atoms with Gasteiger partial charge in [-0.05, 0) is 31.7 Å². The van der Waals surface area contributed by atoms with Gasteiger partial charge in [-0.3, -0.25) is 4.79 Å². The van der Waals surface area contributed by atoms with Crippen molar-refractivity contribution in [3.63, 3.8) is 0 Å². The molecule has 88 valence electrons. The Balaban J connectivity index is 2.46. The predicted molar refractivity (Wildman–Crippen MR) is 62.4 cm³/mol. The zero-order valence-electron chi connectivity index (χ0n) is 10.2. The van der Waals surface area contributed by atoms with Gasteiger partial charge in [0.15, 0.2) is 0 Å². The average molecular weight is 212 g/mol. The molecule has 1 aliphatic heterocycles. The number of rotatable bonds is 5. The van der Waals surface area contributed by atoms with Crippen LogP contribution in [-0.2, 0) is 4.79 Å². The van der Waals surface area contributed by atoms with Crippen LogP contribution in [-0.4, -0.2) is 29.9 Å². The molecule has 1 rings (SSSR count). The SMILES string of the molecule is CCC(C)CC(C)N1CC(CN)CC1=O. The summed E-state index contributed by atoms with van der Waals surface area (Å²) in [4.78, 5) is 13.7. The Morgan fingerprint density at radius 2 is 2.20 bits per heavy atom. The van der Waals surface area contributed by atoms with Gasteiger partial charge in [-0.1, -0.05) is 20.3 Å². The summed E-state index contributed by atoms with van der Waals surface area (Å²) in [5, 5.41) is 0. The van der Waals surface area contributed by atoms with E-state index in [1.807, 2.05) is 4.90 Å². The summed E-state index contributed by atoms with van der Waals surface area (Å²) < 4.78 is 0. The first kappa shape index (κ1) is 12.5. The van der Waals surface area contributed by atoms with E-state index in [9.17, 15) is 4.79 Å². The number of hydrogen-bond acceptors (Lipinski definition) is 2. The Bertz CT molecular complexity index is 218. The first-order valence-electron chi connectivity index (χ1n) is 6.08. The lowest BCUT2D eigenvalue weighted by atomic mass is 9.99. The number of carbonyl (C=O) groups excluding carboxylic acids is 1. The minimum absolute atomic E-state index is 0.293. The van der Waals surface area contributed by atoms with E-state index in [2.05, 4.69) is 20.8 Å². The highest BCUT2D eigenvalue weighted by Crippen LogP contribution is 2.23. The van der Waals surface area contributed by atoms with Crippen LogP contribution in [0, 0.1) is 11.8 Å². The molecule has 1 amide bonds. The molecule has 2 N–H and O–H groups in total. The van der Waals surface area contributed by atoms with Crippen LogP contribution in [0.25, 0.3) is 0 Å². The molecule has 3 atom stereocenters. The third-order valence-electron chi connectivity index (χ3n) is 3.54. The van der Waals surface area contributed by atoms with E-state index in [-0.39, 0.29) is 0 Å². The van der Waals surface area contributed by atoms with Gasteiger partial charge < -0.3 is 10.6 Å². The highest BCUT2D eigenvalue weighted by atomic mass is 16.2. The normalized spacial score (nSPS) is 25.7. The van der Waals surface area contributed by atoms with Gasteiger partial charge in [-0.2, -0.15) is 0 Å². The summed E-state index contributed by atoms with van der Waals surface area (Å²) in [6.07, 6.45) is 2.95. The molecule has 3 heteroatoms. The van der Waals surface area contributed by atoms with Gasteiger partial charge in [-0.25, -0.2) is 0 Å². The second-order valence-electron chi connectivity index (χ2n) is 4.95. The molecule has 0 aliphatic carbocycles. The fourth-order valence-corrected chi connectivity index (χ4v) is 2.27. The van der Waals surface area contributed by atoms with E-state index in [1.54, 1.807) is 0 Å². The number of nitrogens with two attached hydrogens (primary N) is 1. The minimum Gasteiger partial charge on any atom is -0.340 e. The quantitative estimate of drug-likeness (QED) is 0.752. The van der Waals surface area contributed by atoms with Crippen molar-refractivity contribution in [1.82, 2.24) is 4.90 Å². The van der Waals surface area contributed by atoms with Gasteiger partial charge in [0.05, 0.1) is 0 Å². The molecule has 1 aliphatic rings. The smallest absolute Gasteiger partial charge is 0.223 e. The fourth-order valence-electron chi connectivity index (χ4n) is 2.27. The van der Waals surface area contributed by atoms with Gasteiger partial charge in [0.25, 0.3) is 0 Å². The molecule has 0 bridgehead atoms. The standard InChI is InChI=1S/C12H24N2O/c1-4-9(2)5-10(3)14-8-11(7-13)6-12(14)15/h9-11H,4-8,13H2,1-3H3. The Labute approximate surface area is 93.0 Å². The molecule has 1 fully saturated rings. The van der Waals surface area contributed by atoms with Crippen molar-refractivity contribution in [3.05, 3.63) is 0 Å². The predicted octanol–water partition coefficient (Wildman–Crippen LogP) is 1.62. The van der Waals surface area contributed by atoms with E-state index in [1.165, 1.54) is 6.42 Å². The van der Waals surface area contributed by atoms with Crippen molar-refractivity contribution in [2.75, 3.05) is 13.1 Å². The van der Waals surface area contributed by atoms with Crippen molar-refractivity contribution >= 4 is 5.91 Å². The third-order valence-corrected chi connectivity index (χ3v) is 3.54. The lowest BCUT2D eigenvalue weighted by molar-refractivity contribution is -0.129. The van der Waals surface area contributed by atoms with Crippen LogP contribution in [0.4, 0.5) is 0 Å². The number of hydrogen-bond donors (Lipinski definition) is 1. The Hall–Kier alpha value is -0.570. The molecule has 15 heavy (non-hydrogen) atoms. The number of amides is 1. The molecule has 0 spiro atoms. The highest BCUT2D eigenvalue weighted by molar-refractivity contribution is 5.79. The lowest BCUT2D eigenvalue weighted by Crippen LogP contribution is -2.36. The Morgan fingerprint density at radius 1 is 1.53 bits per heavy atom. The second-order valence-corrected chi connectivity index (χ2v) is 4.95. The summed E-state index contributed by atoms with van der Waals surface area (Å²) in [5.41, 5.74) is 5.61. The average Bonchev–Trinajstić information content (AvgIpc) is 2.59. The van der Waals surface area contributed by atoms with Crippen LogP contribution in [0.5, 0.6) is 0 Å². The summed E-state index contributed by atoms with van der Waals surface area (Å²) in [7, 11) is 0. The molecule has 0 saturated carbocycles. The van der Waals surface area contributed by atoms with E-state index < -0.39 is 0 Å². The maximum absolute atomic E-state index is 11.7. The second kappa shape index (κ2) is 5.50. The molecular weight excluding hydrogens is 188 g/mol. The van der Waals surface area contributed by atoms with Crippen LogP contribution in [0.15, 0.2) is 0 Å². The molecule has 0 aromatic heterocycles.